The van der Waals surface area contributed by atoms with E-state index in [0.717, 1.165) is 17.1 Å². The first-order valence-corrected chi connectivity index (χ1v) is 6.31. The monoisotopic (exact) mass is 260 g/mol. The Morgan fingerprint density at radius 3 is 2.06 bits per heavy atom. The van der Waals surface area contributed by atoms with Crippen molar-refractivity contribution in [2.75, 3.05) is 11.9 Å². The quantitative estimate of drug-likeness (QED) is 0.913. The van der Waals surface area contributed by atoms with Crippen LogP contribution < -0.4 is 10.6 Å². The van der Waals surface area contributed by atoms with Crippen molar-refractivity contribution in [3.63, 3.8) is 0 Å². The molecule has 2 nitrogen and oxygen atoms in total. The second-order valence-corrected chi connectivity index (χ2v) is 4.79. The summed E-state index contributed by atoms with van der Waals surface area (Å²) < 4.78 is 0. The van der Waals surface area contributed by atoms with E-state index in [9.17, 15) is 0 Å². The Morgan fingerprint density at radius 2 is 1.50 bits per heavy atom. The molecule has 0 saturated heterocycles. The highest BCUT2D eigenvalue weighted by Crippen LogP contribution is 2.17. The van der Waals surface area contributed by atoms with Gasteiger partial charge in [0.25, 0.3) is 0 Å². The minimum atomic E-state index is 0.585. The van der Waals surface area contributed by atoms with Crippen molar-refractivity contribution in [1.82, 2.24) is 0 Å². The summed E-state index contributed by atoms with van der Waals surface area (Å²) in [6, 6.07) is 16.3. The van der Waals surface area contributed by atoms with E-state index in [4.69, 9.17) is 17.3 Å². The minimum absolute atomic E-state index is 0.585. The molecule has 94 valence electrons. The van der Waals surface area contributed by atoms with Gasteiger partial charge in [0.05, 0.1) is 0 Å². The van der Waals surface area contributed by atoms with Crippen LogP contribution in [-0.4, -0.2) is 7.05 Å². The fourth-order valence-electron chi connectivity index (χ4n) is 1.84. The Labute approximate surface area is 113 Å². The number of anilines is 1. The second-order valence-electron chi connectivity index (χ2n) is 4.35. The average molecular weight is 261 g/mol. The molecule has 0 radical (unpaired) electrons. The molecule has 2 rings (SSSR count). The fourth-order valence-corrected chi connectivity index (χ4v) is 1.97. The van der Waals surface area contributed by atoms with Crippen LogP contribution in [-0.2, 0) is 13.1 Å². The summed E-state index contributed by atoms with van der Waals surface area (Å²) in [4.78, 5) is 2.20. The molecule has 0 heterocycles. The van der Waals surface area contributed by atoms with Crippen molar-refractivity contribution in [1.29, 1.82) is 0 Å². The molecule has 2 aromatic carbocycles. The standard InChI is InChI=1S/C15H17ClN2/c1-18(11-13-2-6-14(16)7-3-13)15-8-4-12(10-17)5-9-15/h2-9H,10-11,17H2,1H3. The lowest BCUT2D eigenvalue weighted by molar-refractivity contribution is 0.921. The molecule has 2 N–H and O–H groups in total. The minimum Gasteiger partial charge on any atom is -0.370 e. The topological polar surface area (TPSA) is 29.3 Å². The van der Waals surface area contributed by atoms with Crippen LogP contribution in [0.15, 0.2) is 48.5 Å². The lowest BCUT2D eigenvalue weighted by atomic mass is 10.1. The lowest BCUT2D eigenvalue weighted by Crippen LogP contribution is -2.16. The lowest BCUT2D eigenvalue weighted by Gasteiger charge is -2.19. The zero-order valence-corrected chi connectivity index (χ0v) is 11.2. The van der Waals surface area contributed by atoms with Crippen LogP contribution in [0.4, 0.5) is 5.69 Å². The SMILES string of the molecule is CN(Cc1ccc(Cl)cc1)c1ccc(CN)cc1. The Kier molecular flexibility index (Phi) is 4.24. The van der Waals surface area contributed by atoms with E-state index in [1.165, 1.54) is 11.3 Å². The third kappa shape index (κ3) is 3.25. The largest absolute Gasteiger partial charge is 0.370 e. The number of nitrogens with two attached hydrogens (primary N) is 1. The molecule has 0 unspecified atom stereocenters. The number of hydrogen-bond acceptors (Lipinski definition) is 2. The molecular formula is C15H17ClN2. The van der Waals surface area contributed by atoms with Crippen molar-refractivity contribution in [3.05, 3.63) is 64.7 Å². The van der Waals surface area contributed by atoms with Gasteiger partial charge < -0.3 is 10.6 Å². The molecule has 0 spiro atoms. The third-order valence-corrected chi connectivity index (χ3v) is 3.20. The van der Waals surface area contributed by atoms with Crippen molar-refractivity contribution < 1.29 is 0 Å². The summed E-state index contributed by atoms with van der Waals surface area (Å²) in [5, 5.41) is 0.772. The van der Waals surface area contributed by atoms with E-state index in [1.54, 1.807) is 0 Å². The van der Waals surface area contributed by atoms with Crippen LogP contribution in [0.5, 0.6) is 0 Å². The summed E-state index contributed by atoms with van der Waals surface area (Å²) in [5.74, 6) is 0. The molecule has 0 aliphatic rings. The first kappa shape index (κ1) is 12.9. The summed E-state index contributed by atoms with van der Waals surface area (Å²) in [6.07, 6.45) is 0. The van der Waals surface area contributed by atoms with Crippen molar-refractivity contribution in [2.24, 2.45) is 5.73 Å². The Bertz CT molecular complexity index is 491. The third-order valence-electron chi connectivity index (χ3n) is 2.95. The van der Waals surface area contributed by atoms with Gasteiger partial charge in [-0.1, -0.05) is 35.9 Å². The van der Waals surface area contributed by atoms with E-state index >= 15 is 0 Å². The zero-order valence-electron chi connectivity index (χ0n) is 10.4. The van der Waals surface area contributed by atoms with E-state index in [1.807, 2.05) is 24.3 Å². The zero-order chi connectivity index (χ0) is 13.0. The molecule has 0 atom stereocenters. The van der Waals surface area contributed by atoms with Gasteiger partial charge in [0.15, 0.2) is 0 Å². The number of benzene rings is 2. The van der Waals surface area contributed by atoms with Gasteiger partial charge in [0, 0.05) is 30.8 Å². The van der Waals surface area contributed by atoms with Crippen LogP contribution in [0.2, 0.25) is 5.02 Å². The normalized spacial score (nSPS) is 10.4. The highest BCUT2D eigenvalue weighted by Gasteiger charge is 2.02. The maximum Gasteiger partial charge on any atom is 0.0426 e. The molecular weight excluding hydrogens is 244 g/mol. The predicted octanol–water partition coefficient (Wildman–Crippen LogP) is 3.44. The van der Waals surface area contributed by atoms with Gasteiger partial charge in [-0.3, -0.25) is 0 Å². The molecule has 0 aliphatic heterocycles. The van der Waals surface area contributed by atoms with Crippen molar-refractivity contribution in [3.8, 4) is 0 Å². The molecule has 18 heavy (non-hydrogen) atoms. The van der Waals surface area contributed by atoms with Crippen molar-refractivity contribution >= 4 is 17.3 Å². The van der Waals surface area contributed by atoms with E-state index < -0.39 is 0 Å². The van der Waals surface area contributed by atoms with Crippen LogP contribution in [0.3, 0.4) is 0 Å². The molecule has 0 saturated carbocycles. The summed E-state index contributed by atoms with van der Waals surface area (Å²) in [5.41, 5.74) is 9.16. The molecule has 3 heteroatoms. The van der Waals surface area contributed by atoms with Crippen molar-refractivity contribution in [2.45, 2.75) is 13.1 Å². The summed E-state index contributed by atoms with van der Waals surface area (Å²) in [7, 11) is 2.08. The molecule has 0 bridgehead atoms. The van der Waals surface area contributed by atoms with Gasteiger partial charge in [0.1, 0.15) is 0 Å². The number of nitrogens with zero attached hydrogens (tertiary/aromatic N) is 1. The van der Waals surface area contributed by atoms with Gasteiger partial charge >= 0.3 is 0 Å². The molecule has 0 aliphatic carbocycles. The molecule has 2 aromatic rings. The van der Waals surface area contributed by atoms with Crippen LogP contribution >= 0.6 is 11.6 Å². The van der Waals surface area contributed by atoms with E-state index in [-0.39, 0.29) is 0 Å². The first-order chi connectivity index (χ1) is 8.69. The van der Waals surface area contributed by atoms with Crippen LogP contribution in [0.25, 0.3) is 0 Å². The number of hydrogen-bond donors (Lipinski definition) is 1. The highest BCUT2D eigenvalue weighted by molar-refractivity contribution is 6.30. The smallest absolute Gasteiger partial charge is 0.0426 e. The fraction of sp³-hybridized carbons (Fsp3) is 0.200. The van der Waals surface area contributed by atoms with Crippen LogP contribution in [0.1, 0.15) is 11.1 Å². The number of rotatable bonds is 4. The Morgan fingerprint density at radius 1 is 0.944 bits per heavy atom. The van der Waals surface area contributed by atoms with Gasteiger partial charge in [0.2, 0.25) is 0 Å². The Balaban J connectivity index is 2.06. The second kappa shape index (κ2) is 5.89. The average Bonchev–Trinajstić information content (AvgIpc) is 2.41. The highest BCUT2D eigenvalue weighted by atomic mass is 35.5. The maximum absolute atomic E-state index is 5.87. The Hall–Kier alpha value is -1.51. The van der Waals surface area contributed by atoms with Gasteiger partial charge in [-0.05, 0) is 35.4 Å². The van der Waals surface area contributed by atoms with Gasteiger partial charge in [-0.15, -0.1) is 0 Å². The van der Waals surface area contributed by atoms with Gasteiger partial charge in [-0.25, -0.2) is 0 Å². The molecule has 0 aromatic heterocycles. The predicted molar refractivity (Wildman–Crippen MR) is 77.9 cm³/mol. The number of halogens is 1. The van der Waals surface area contributed by atoms with Crippen LogP contribution in [0, 0.1) is 0 Å². The summed E-state index contributed by atoms with van der Waals surface area (Å²) >= 11 is 5.87. The van der Waals surface area contributed by atoms with E-state index in [0.29, 0.717) is 6.54 Å². The first-order valence-electron chi connectivity index (χ1n) is 5.93. The van der Waals surface area contributed by atoms with E-state index in [2.05, 4.69) is 36.2 Å². The van der Waals surface area contributed by atoms with Gasteiger partial charge in [-0.2, -0.15) is 0 Å². The summed E-state index contributed by atoms with van der Waals surface area (Å²) in [6.45, 7) is 1.44. The molecule has 0 fully saturated rings. The molecule has 0 amide bonds. The maximum atomic E-state index is 5.87.